The summed E-state index contributed by atoms with van der Waals surface area (Å²) >= 11 is 0. The maximum Gasteiger partial charge on any atom is 0.240 e. The lowest BCUT2D eigenvalue weighted by Gasteiger charge is -2.27. The molecule has 0 aromatic rings. The highest BCUT2D eigenvalue weighted by atomic mass is 16.2. The van der Waals surface area contributed by atoms with E-state index in [0.29, 0.717) is 11.9 Å². The number of amides is 1. The molecule has 1 N–H and O–H groups in total. The maximum atomic E-state index is 12.3. The van der Waals surface area contributed by atoms with Crippen LogP contribution in [0.2, 0.25) is 0 Å². The molecule has 17 heavy (non-hydrogen) atoms. The zero-order valence-corrected chi connectivity index (χ0v) is 11.2. The minimum Gasteiger partial charge on any atom is -0.338 e. The second-order valence-corrected chi connectivity index (χ2v) is 5.70. The summed E-state index contributed by atoms with van der Waals surface area (Å²) in [6.07, 6.45) is 7.36. The van der Waals surface area contributed by atoms with Crippen LogP contribution >= 0.6 is 0 Å². The van der Waals surface area contributed by atoms with Gasteiger partial charge in [-0.05, 0) is 38.1 Å². The van der Waals surface area contributed by atoms with Crippen molar-refractivity contribution in [2.24, 2.45) is 5.92 Å². The lowest BCUT2D eigenvalue weighted by Crippen LogP contribution is -2.42. The Kier molecular flexibility index (Phi) is 4.43. The van der Waals surface area contributed by atoms with Crippen molar-refractivity contribution in [3.8, 4) is 0 Å². The molecule has 3 heteroatoms. The largest absolute Gasteiger partial charge is 0.338 e. The Morgan fingerprint density at radius 1 is 1.24 bits per heavy atom. The van der Waals surface area contributed by atoms with E-state index in [1.807, 2.05) is 0 Å². The Balaban J connectivity index is 1.92. The fraction of sp³-hybridized carbons (Fsp3) is 0.929. The van der Waals surface area contributed by atoms with Crippen LogP contribution < -0.4 is 5.32 Å². The van der Waals surface area contributed by atoms with Crippen molar-refractivity contribution in [3.05, 3.63) is 0 Å². The molecule has 98 valence electrons. The molecule has 2 rings (SSSR count). The standard InChI is InChI=1S/C14H26N2O/c1-3-15-13-9-10-16(14(13)17)12-6-4-5-11(2)7-8-12/h11-13,15H,3-10H2,1-2H3. The second kappa shape index (κ2) is 5.85. The van der Waals surface area contributed by atoms with Crippen LogP contribution in [0, 0.1) is 5.92 Å². The molecule has 0 spiro atoms. The molecular formula is C14H26N2O. The number of hydrogen-bond donors (Lipinski definition) is 1. The van der Waals surface area contributed by atoms with Crippen LogP contribution in [0.4, 0.5) is 0 Å². The fourth-order valence-corrected chi connectivity index (χ4v) is 3.28. The monoisotopic (exact) mass is 238 g/mol. The molecule has 2 aliphatic rings. The molecular weight excluding hydrogens is 212 g/mol. The molecule has 3 unspecified atom stereocenters. The third kappa shape index (κ3) is 3.01. The fourth-order valence-electron chi connectivity index (χ4n) is 3.28. The van der Waals surface area contributed by atoms with E-state index in [2.05, 4.69) is 24.1 Å². The minimum atomic E-state index is 0.0978. The summed E-state index contributed by atoms with van der Waals surface area (Å²) in [7, 11) is 0. The van der Waals surface area contributed by atoms with Gasteiger partial charge in [0.2, 0.25) is 5.91 Å². The summed E-state index contributed by atoms with van der Waals surface area (Å²) in [5, 5.41) is 3.30. The average molecular weight is 238 g/mol. The number of likely N-dealkylation sites (tertiary alicyclic amines) is 1. The minimum absolute atomic E-state index is 0.0978. The molecule has 0 bridgehead atoms. The highest BCUT2D eigenvalue weighted by Gasteiger charge is 2.35. The predicted molar refractivity (Wildman–Crippen MR) is 69.8 cm³/mol. The summed E-state index contributed by atoms with van der Waals surface area (Å²) in [6, 6.07) is 0.622. The van der Waals surface area contributed by atoms with Crippen molar-refractivity contribution < 1.29 is 4.79 Å². The van der Waals surface area contributed by atoms with Gasteiger partial charge in [0.15, 0.2) is 0 Å². The van der Waals surface area contributed by atoms with Crippen molar-refractivity contribution in [2.45, 2.75) is 64.5 Å². The number of carbonyl (C=O) groups excluding carboxylic acids is 1. The molecule has 0 radical (unpaired) electrons. The SMILES string of the molecule is CCNC1CCN(C2CCCC(C)CC2)C1=O. The maximum absolute atomic E-state index is 12.3. The zero-order valence-electron chi connectivity index (χ0n) is 11.2. The van der Waals surface area contributed by atoms with Crippen molar-refractivity contribution in [1.29, 1.82) is 0 Å². The number of hydrogen-bond acceptors (Lipinski definition) is 2. The number of nitrogens with zero attached hydrogens (tertiary/aromatic N) is 1. The number of nitrogens with one attached hydrogen (secondary N) is 1. The Morgan fingerprint density at radius 3 is 2.82 bits per heavy atom. The molecule has 3 atom stereocenters. The molecule has 1 heterocycles. The van der Waals surface area contributed by atoms with E-state index >= 15 is 0 Å². The second-order valence-electron chi connectivity index (χ2n) is 5.70. The van der Waals surface area contributed by atoms with Gasteiger partial charge in [0, 0.05) is 12.6 Å². The van der Waals surface area contributed by atoms with Gasteiger partial charge < -0.3 is 10.2 Å². The highest BCUT2D eigenvalue weighted by molar-refractivity contribution is 5.84. The molecule has 2 fully saturated rings. The van der Waals surface area contributed by atoms with E-state index in [-0.39, 0.29) is 6.04 Å². The summed E-state index contributed by atoms with van der Waals surface area (Å²) in [5.41, 5.74) is 0. The van der Waals surface area contributed by atoms with E-state index in [1.165, 1.54) is 32.1 Å². The first kappa shape index (κ1) is 12.9. The van der Waals surface area contributed by atoms with E-state index in [9.17, 15) is 4.79 Å². The van der Waals surface area contributed by atoms with Crippen molar-refractivity contribution in [2.75, 3.05) is 13.1 Å². The van der Waals surface area contributed by atoms with Crippen LogP contribution in [-0.2, 0) is 4.79 Å². The third-order valence-corrected chi connectivity index (χ3v) is 4.36. The third-order valence-electron chi connectivity index (χ3n) is 4.36. The van der Waals surface area contributed by atoms with E-state index in [4.69, 9.17) is 0 Å². The molecule has 1 amide bonds. The van der Waals surface area contributed by atoms with Crippen molar-refractivity contribution in [1.82, 2.24) is 10.2 Å². The van der Waals surface area contributed by atoms with Gasteiger partial charge >= 0.3 is 0 Å². The van der Waals surface area contributed by atoms with Crippen LogP contribution in [0.5, 0.6) is 0 Å². The summed E-state index contributed by atoms with van der Waals surface area (Å²) < 4.78 is 0. The zero-order chi connectivity index (χ0) is 12.3. The van der Waals surface area contributed by atoms with Gasteiger partial charge in [0.25, 0.3) is 0 Å². The van der Waals surface area contributed by atoms with Gasteiger partial charge in [-0.3, -0.25) is 4.79 Å². The van der Waals surface area contributed by atoms with Gasteiger partial charge in [-0.15, -0.1) is 0 Å². The van der Waals surface area contributed by atoms with Gasteiger partial charge in [-0.2, -0.15) is 0 Å². The normalized spacial score (nSPS) is 35.1. The Bertz CT molecular complexity index is 267. The predicted octanol–water partition coefficient (Wildman–Crippen LogP) is 2.17. The quantitative estimate of drug-likeness (QED) is 0.764. The first-order chi connectivity index (χ1) is 8.22. The van der Waals surface area contributed by atoms with E-state index in [1.54, 1.807) is 0 Å². The lowest BCUT2D eigenvalue weighted by atomic mass is 10.0. The molecule has 1 aliphatic carbocycles. The number of likely N-dealkylation sites (N-methyl/N-ethyl adjacent to an activating group) is 1. The molecule has 3 nitrogen and oxygen atoms in total. The number of rotatable bonds is 3. The topological polar surface area (TPSA) is 32.3 Å². The average Bonchev–Trinajstić information content (AvgIpc) is 2.54. The molecule has 0 aromatic heterocycles. The Hall–Kier alpha value is -0.570. The first-order valence-electron chi connectivity index (χ1n) is 7.26. The Labute approximate surface area is 105 Å². The van der Waals surface area contributed by atoms with Gasteiger partial charge in [0.05, 0.1) is 6.04 Å². The molecule has 1 saturated heterocycles. The van der Waals surface area contributed by atoms with Crippen molar-refractivity contribution >= 4 is 5.91 Å². The molecule has 1 aliphatic heterocycles. The van der Waals surface area contributed by atoms with Crippen molar-refractivity contribution in [3.63, 3.8) is 0 Å². The van der Waals surface area contributed by atoms with Gasteiger partial charge in [-0.25, -0.2) is 0 Å². The number of carbonyl (C=O) groups is 1. The van der Waals surface area contributed by atoms with Crippen LogP contribution in [0.3, 0.4) is 0 Å². The van der Waals surface area contributed by atoms with Crippen LogP contribution in [-0.4, -0.2) is 36.0 Å². The lowest BCUT2D eigenvalue weighted by molar-refractivity contribution is -0.131. The van der Waals surface area contributed by atoms with Crippen LogP contribution in [0.1, 0.15) is 52.4 Å². The summed E-state index contributed by atoms with van der Waals surface area (Å²) in [6.45, 7) is 6.28. The molecule has 0 aromatic carbocycles. The smallest absolute Gasteiger partial charge is 0.240 e. The van der Waals surface area contributed by atoms with Crippen LogP contribution in [0.25, 0.3) is 0 Å². The van der Waals surface area contributed by atoms with Crippen LogP contribution in [0.15, 0.2) is 0 Å². The van der Waals surface area contributed by atoms with E-state index in [0.717, 1.165) is 25.4 Å². The highest BCUT2D eigenvalue weighted by Crippen LogP contribution is 2.28. The Morgan fingerprint density at radius 2 is 2.06 bits per heavy atom. The van der Waals surface area contributed by atoms with E-state index < -0.39 is 0 Å². The summed E-state index contributed by atoms with van der Waals surface area (Å²) in [5.74, 6) is 1.20. The van der Waals surface area contributed by atoms with Gasteiger partial charge in [0.1, 0.15) is 0 Å². The van der Waals surface area contributed by atoms with Gasteiger partial charge in [-0.1, -0.05) is 26.7 Å². The summed E-state index contributed by atoms with van der Waals surface area (Å²) in [4.78, 5) is 14.4. The molecule has 1 saturated carbocycles. The first-order valence-corrected chi connectivity index (χ1v) is 7.26.